The molecule has 0 radical (unpaired) electrons. The molecular formula is C42H58N4O9S. The Hall–Kier alpha value is -4.07. The van der Waals surface area contributed by atoms with E-state index in [0.717, 1.165) is 12.8 Å². The van der Waals surface area contributed by atoms with Crippen LogP contribution < -0.4 is 14.2 Å². The number of esters is 1. The van der Waals surface area contributed by atoms with Crippen LogP contribution in [0.1, 0.15) is 112 Å². The van der Waals surface area contributed by atoms with E-state index < -0.39 is 55.7 Å². The van der Waals surface area contributed by atoms with E-state index in [0.29, 0.717) is 54.8 Å². The van der Waals surface area contributed by atoms with Crippen LogP contribution in [0.2, 0.25) is 0 Å². The second-order valence-corrected chi connectivity index (χ2v) is 20.1. The van der Waals surface area contributed by atoms with Crippen LogP contribution in [0.15, 0.2) is 30.4 Å². The van der Waals surface area contributed by atoms with Crippen LogP contribution >= 0.6 is 0 Å². The molecule has 2 saturated carbocycles. The summed E-state index contributed by atoms with van der Waals surface area (Å²) >= 11 is 0. The first-order valence-corrected chi connectivity index (χ1v) is 21.6. The van der Waals surface area contributed by atoms with E-state index in [9.17, 15) is 27.6 Å². The van der Waals surface area contributed by atoms with Crippen molar-refractivity contribution in [2.45, 2.75) is 136 Å². The first-order valence-electron chi connectivity index (χ1n) is 20.1. The summed E-state index contributed by atoms with van der Waals surface area (Å²) in [6.45, 7) is 15.2. The summed E-state index contributed by atoms with van der Waals surface area (Å²) in [6.07, 6.45) is 6.43. The number of carbonyl (C=O) groups excluding carboxylic acids is 4. The zero-order valence-electron chi connectivity index (χ0n) is 34.1. The van der Waals surface area contributed by atoms with Gasteiger partial charge < -0.3 is 19.1 Å². The number of hydrogen-bond donors (Lipinski definition) is 1. The van der Waals surface area contributed by atoms with Crippen molar-refractivity contribution in [1.82, 2.24) is 19.6 Å². The molecule has 56 heavy (non-hydrogen) atoms. The summed E-state index contributed by atoms with van der Waals surface area (Å²) in [4.78, 5) is 67.8. The van der Waals surface area contributed by atoms with Gasteiger partial charge in [0.2, 0.25) is 27.7 Å². The summed E-state index contributed by atoms with van der Waals surface area (Å²) in [7, 11) is -3.95. The van der Waals surface area contributed by atoms with Crippen molar-refractivity contribution in [2.75, 3.05) is 13.2 Å². The Labute approximate surface area is 330 Å². The van der Waals surface area contributed by atoms with Crippen LogP contribution in [0, 0.1) is 36.0 Å². The number of ether oxygens (including phenoxy) is 3. The van der Waals surface area contributed by atoms with Gasteiger partial charge >= 0.3 is 5.97 Å². The molecule has 0 spiro atoms. The molecule has 2 aliphatic carbocycles. The molecule has 1 saturated heterocycles. The predicted octanol–water partition coefficient (Wildman–Crippen LogP) is 6.01. The number of ketones is 1. The molecule has 2 aromatic rings. The molecule has 2 amide bonds. The van der Waals surface area contributed by atoms with Crippen LogP contribution in [-0.2, 0) is 33.9 Å². The predicted molar refractivity (Wildman–Crippen MR) is 210 cm³/mol. The van der Waals surface area contributed by atoms with Gasteiger partial charge in [-0.1, -0.05) is 26.0 Å². The average molecular weight is 795 g/mol. The minimum absolute atomic E-state index is 0.0374. The van der Waals surface area contributed by atoms with Gasteiger partial charge in [-0.3, -0.25) is 23.9 Å². The number of nitrogens with one attached hydrogen (secondary N) is 1. The Morgan fingerprint density at radius 3 is 2.48 bits per heavy atom. The fraction of sp³-hybridized carbons (Fsp3) is 0.667. The van der Waals surface area contributed by atoms with Gasteiger partial charge in [-0.25, -0.2) is 18.4 Å². The van der Waals surface area contributed by atoms with E-state index in [2.05, 4.69) is 16.6 Å². The van der Waals surface area contributed by atoms with Crippen LogP contribution in [0.5, 0.6) is 11.6 Å². The fourth-order valence-electron chi connectivity index (χ4n) is 8.28. The second kappa shape index (κ2) is 15.7. The summed E-state index contributed by atoms with van der Waals surface area (Å²) in [5.74, 6) is -2.13. The largest absolute Gasteiger partial charge is 0.494 e. The highest BCUT2D eigenvalue weighted by Gasteiger charge is 2.62. The van der Waals surface area contributed by atoms with Crippen LogP contribution in [0.4, 0.5) is 0 Å². The maximum Gasteiger partial charge on any atom is 0.307 e. The maximum atomic E-state index is 14.9. The van der Waals surface area contributed by atoms with Gasteiger partial charge in [-0.15, -0.1) is 0 Å². The van der Waals surface area contributed by atoms with Gasteiger partial charge in [0.15, 0.2) is 5.78 Å². The van der Waals surface area contributed by atoms with Crippen molar-refractivity contribution in [3.63, 3.8) is 0 Å². The molecule has 2 aliphatic heterocycles. The number of aryl methyl sites for hydroxylation is 1. The second-order valence-electron chi connectivity index (χ2n) is 17.9. The van der Waals surface area contributed by atoms with E-state index >= 15 is 0 Å². The molecule has 306 valence electrons. The topological polar surface area (TPSA) is 171 Å². The van der Waals surface area contributed by atoms with Crippen molar-refractivity contribution in [2.24, 2.45) is 29.1 Å². The number of carbonyl (C=O) groups is 4. The van der Waals surface area contributed by atoms with E-state index in [1.165, 1.54) is 4.90 Å². The third kappa shape index (κ3) is 9.05. The monoisotopic (exact) mass is 794 g/mol. The molecule has 1 N–H and O–H groups in total. The zero-order valence-corrected chi connectivity index (χ0v) is 34.9. The minimum atomic E-state index is -3.95. The summed E-state index contributed by atoms with van der Waals surface area (Å²) < 4.78 is 45.6. The molecule has 13 nitrogen and oxygen atoms in total. The highest BCUT2D eigenvalue weighted by atomic mass is 32.2. The molecule has 0 bridgehead atoms. The Morgan fingerprint density at radius 2 is 1.80 bits per heavy atom. The summed E-state index contributed by atoms with van der Waals surface area (Å²) in [5, 5.41) is 0. The molecule has 0 unspecified atom stereocenters. The van der Waals surface area contributed by atoms with Gasteiger partial charge in [-0.05, 0) is 110 Å². The van der Waals surface area contributed by atoms with Crippen molar-refractivity contribution >= 4 is 44.6 Å². The van der Waals surface area contributed by atoms with Gasteiger partial charge in [0.05, 0.1) is 52.7 Å². The molecule has 6 rings (SSSR count). The van der Waals surface area contributed by atoms with Crippen LogP contribution in [0.3, 0.4) is 0 Å². The lowest BCUT2D eigenvalue weighted by atomic mass is 9.82. The van der Waals surface area contributed by atoms with Crippen LogP contribution in [-0.4, -0.2) is 82.5 Å². The third-order valence-electron chi connectivity index (χ3n) is 12.0. The third-order valence-corrected chi connectivity index (χ3v) is 14.1. The number of Topliss-reactive ketones (excluding diaryl/α,β-unsaturated/α-hetero) is 1. The highest BCUT2D eigenvalue weighted by molar-refractivity contribution is 7.91. The van der Waals surface area contributed by atoms with Gasteiger partial charge in [0.25, 0.3) is 0 Å². The first kappa shape index (κ1) is 41.6. The first-order chi connectivity index (χ1) is 26.2. The molecule has 3 heterocycles. The standard InChI is InChI=1S/C42H58N4O9S/c1-9-53-29-14-15-32-33(19-29)44-37(27(4)43-32)54-30-20-34-35(47)23-42(39(50)45-56(51,52)41(8)16-17-41)22-28(42)13-11-10-12-25(2)18-26(3)31(38(49)46(34)24-30)21-36(48)55-40(5,6)7/h11,13-15,19,25-26,28,30-31,34H,9-10,12,16-18,20-24H2,1-8H3,(H,45,50)/b13-11-/t25-,26-,28-,30-,31+,34+,42-/m1/s1. The number of nitrogens with zero attached hydrogens (tertiary/aromatic N) is 3. The van der Waals surface area contributed by atoms with Crippen molar-refractivity contribution in [3.8, 4) is 11.6 Å². The molecule has 4 aliphatic rings. The molecule has 7 atom stereocenters. The quantitative estimate of drug-likeness (QED) is 0.233. The van der Waals surface area contributed by atoms with Crippen molar-refractivity contribution in [1.29, 1.82) is 0 Å². The molecular weight excluding hydrogens is 737 g/mol. The number of amides is 2. The normalized spacial score (nSPS) is 30.0. The van der Waals surface area contributed by atoms with Gasteiger partial charge in [0.1, 0.15) is 23.1 Å². The van der Waals surface area contributed by atoms with E-state index in [1.54, 1.807) is 40.7 Å². The summed E-state index contributed by atoms with van der Waals surface area (Å²) in [5.41, 5.74) is -0.274. The lowest BCUT2D eigenvalue weighted by Crippen LogP contribution is -2.48. The minimum Gasteiger partial charge on any atom is -0.494 e. The number of aromatic nitrogens is 2. The lowest BCUT2D eigenvalue weighted by molar-refractivity contribution is -0.160. The highest BCUT2D eigenvalue weighted by Crippen LogP contribution is 2.57. The van der Waals surface area contributed by atoms with E-state index in [-0.39, 0.29) is 61.1 Å². The van der Waals surface area contributed by atoms with Crippen LogP contribution in [0.25, 0.3) is 11.0 Å². The Bertz CT molecular complexity index is 2010. The number of allylic oxidation sites excluding steroid dienone is 2. The van der Waals surface area contributed by atoms with E-state index in [1.807, 2.05) is 38.1 Å². The number of fused-ring (bicyclic) bond motifs is 3. The number of rotatable bonds is 9. The molecule has 1 aromatic carbocycles. The lowest BCUT2D eigenvalue weighted by Gasteiger charge is -2.32. The number of sulfonamides is 1. The number of benzene rings is 1. The Kier molecular flexibility index (Phi) is 11.7. The summed E-state index contributed by atoms with van der Waals surface area (Å²) in [6, 6.07) is 4.43. The van der Waals surface area contributed by atoms with Crippen molar-refractivity contribution in [3.05, 3.63) is 36.0 Å². The van der Waals surface area contributed by atoms with Gasteiger partial charge in [0, 0.05) is 18.9 Å². The fourth-order valence-corrected chi connectivity index (χ4v) is 9.61. The molecule has 14 heteroatoms. The Morgan fingerprint density at radius 1 is 1.07 bits per heavy atom. The van der Waals surface area contributed by atoms with Gasteiger partial charge in [-0.2, -0.15) is 0 Å². The Balaban J connectivity index is 1.34. The smallest absolute Gasteiger partial charge is 0.307 e. The molecule has 3 fully saturated rings. The zero-order chi connectivity index (χ0) is 40.8. The van der Waals surface area contributed by atoms with Crippen molar-refractivity contribution < 1.29 is 41.8 Å². The maximum absolute atomic E-state index is 14.9. The average Bonchev–Trinajstić information content (AvgIpc) is 3.98. The SMILES string of the molecule is CCOc1ccc2nc(C)c(O[C@@H]3C[C@H]4C(=O)C[C@]5(C(=O)NS(=O)(=O)C6(C)CC6)C[C@H]5/C=C\CC[C@@H](C)C[C@@H](C)[C@H](CC(=O)OC(C)(C)C)C(=O)N4C3)nc2c1. The number of hydrogen-bond acceptors (Lipinski definition) is 11. The molecule has 1 aromatic heterocycles. The van der Waals surface area contributed by atoms with E-state index in [4.69, 9.17) is 19.2 Å².